The minimum atomic E-state index is -0.690. The molecule has 4 nitrogen and oxygen atoms in total. The molecule has 0 aliphatic heterocycles. The van der Waals surface area contributed by atoms with Gasteiger partial charge in [0.25, 0.3) is 0 Å². The normalized spacial score (nSPS) is 14.6. The maximum Gasteiger partial charge on any atom is 0.243 e. The first-order valence-corrected chi connectivity index (χ1v) is 15.0. The zero-order chi connectivity index (χ0) is 26.9. The van der Waals surface area contributed by atoms with E-state index in [1.807, 2.05) is 48.5 Å². The van der Waals surface area contributed by atoms with Crippen molar-refractivity contribution in [3.8, 4) is 0 Å². The maximum atomic E-state index is 13.8. The number of amides is 2. The highest BCUT2D eigenvalue weighted by molar-refractivity contribution is 8.00. The van der Waals surface area contributed by atoms with Gasteiger partial charge in [-0.3, -0.25) is 9.59 Å². The molecule has 0 aromatic heterocycles. The standard InChI is InChI=1S/C30H31Cl3N2O2S/c31-23-13-15-26(16-14-23)38-20-29(36)35(19-22-11-12-24(32)18-27(22)33)28(17-21-7-3-1-4-8-21)30(37)34-25-9-5-2-6-10-25/h1,3-4,7-8,11-16,18,25,28H,2,5-6,9-10,17,19-20H2,(H,34,37). The van der Waals surface area contributed by atoms with Gasteiger partial charge in [0.2, 0.25) is 11.8 Å². The van der Waals surface area contributed by atoms with Crippen LogP contribution in [0.3, 0.4) is 0 Å². The first kappa shape index (κ1) is 28.8. The van der Waals surface area contributed by atoms with Gasteiger partial charge in [0.15, 0.2) is 0 Å². The van der Waals surface area contributed by atoms with Crippen molar-refractivity contribution in [3.05, 3.63) is 99.0 Å². The third-order valence-electron chi connectivity index (χ3n) is 6.75. The molecule has 0 spiro atoms. The first-order chi connectivity index (χ1) is 18.4. The van der Waals surface area contributed by atoms with E-state index < -0.39 is 6.04 Å². The van der Waals surface area contributed by atoms with Crippen LogP contribution in [0.25, 0.3) is 0 Å². The molecule has 0 bridgehead atoms. The predicted octanol–water partition coefficient (Wildman–Crippen LogP) is 7.83. The Kier molecular flexibility index (Phi) is 10.8. The van der Waals surface area contributed by atoms with Crippen LogP contribution in [0.1, 0.15) is 43.2 Å². The molecule has 1 aliphatic rings. The fourth-order valence-electron chi connectivity index (χ4n) is 4.69. The Morgan fingerprint density at radius 3 is 2.26 bits per heavy atom. The molecule has 0 saturated heterocycles. The Morgan fingerprint density at radius 2 is 1.58 bits per heavy atom. The summed E-state index contributed by atoms with van der Waals surface area (Å²) >= 11 is 20.1. The summed E-state index contributed by atoms with van der Waals surface area (Å²) in [5.74, 6) is -0.0964. The fraction of sp³-hybridized carbons (Fsp3) is 0.333. The van der Waals surface area contributed by atoms with Gasteiger partial charge in [-0.15, -0.1) is 11.8 Å². The van der Waals surface area contributed by atoms with E-state index >= 15 is 0 Å². The summed E-state index contributed by atoms with van der Waals surface area (Å²) in [6, 6.07) is 21.9. The monoisotopic (exact) mass is 588 g/mol. The Labute approximate surface area is 244 Å². The largest absolute Gasteiger partial charge is 0.352 e. The van der Waals surface area contributed by atoms with Gasteiger partial charge in [-0.25, -0.2) is 0 Å². The molecular weight excluding hydrogens is 559 g/mol. The average molecular weight is 590 g/mol. The van der Waals surface area contributed by atoms with Gasteiger partial charge >= 0.3 is 0 Å². The molecule has 2 amide bonds. The van der Waals surface area contributed by atoms with Crippen molar-refractivity contribution in [1.29, 1.82) is 0 Å². The van der Waals surface area contributed by atoms with E-state index in [2.05, 4.69) is 5.32 Å². The highest BCUT2D eigenvalue weighted by Gasteiger charge is 2.32. The summed E-state index contributed by atoms with van der Waals surface area (Å²) in [4.78, 5) is 30.2. The average Bonchev–Trinajstić information content (AvgIpc) is 2.92. The van der Waals surface area contributed by atoms with Crippen molar-refractivity contribution in [2.75, 3.05) is 5.75 Å². The van der Waals surface area contributed by atoms with Crippen LogP contribution in [0.2, 0.25) is 15.1 Å². The molecule has 1 saturated carbocycles. The Balaban J connectivity index is 1.62. The SMILES string of the molecule is O=C(NC1CCCCC1)C(Cc1ccccc1)N(Cc1ccc(Cl)cc1Cl)C(=O)CSc1ccc(Cl)cc1. The number of thioether (sulfide) groups is 1. The van der Waals surface area contributed by atoms with E-state index in [0.717, 1.165) is 41.7 Å². The van der Waals surface area contributed by atoms with Gasteiger partial charge in [0.1, 0.15) is 6.04 Å². The molecule has 1 fully saturated rings. The second-order valence-electron chi connectivity index (χ2n) is 9.55. The van der Waals surface area contributed by atoms with Crippen molar-refractivity contribution >= 4 is 58.4 Å². The van der Waals surface area contributed by atoms with Crippen LogP contribution in [0.4, 0.5) is 0 Å². The van der Waals surface area contributed by atoms with E-state index in [-0.39, 0.29) is 30.2 Å². The van der Waals surface area contributed by atoms with Crippen LogP contribution in [0.15, 0.2) is 77.7 Å². The molecule has 4 rings (SSSR count). The van der Waals surface area contributed by atoms with E-state index in [9.17, 15) is 9.59 Å². The molecule has 38 heavy (non-hydrogen) atoms. The fourth-order valence-corrected chi connectivity index (χ4v) is 6.07. The van der Waals surface area contributed by atoms with Crippen molar-refractivity contribution in [2.45, 2.75) is 62.0 Å². The zero-order valence-electron chi connectivity index (χ0n) is 21.0. The van der Waals surface area contributed by atoms with Gasteiger partial charge in [-0.1, -0.05) is 90.5 Å². The number of rotatable bonds is 10. The van der Waals surface area contributed by atoms with E-state index in [0.29, 0.717) is 21.5 Å². The zero-order valence-corrected chi connectivity index (χ0v) is 24.1. The summed E-state index contributed by atoms with van der Waals surface area (Å²) in [7, 11) is 0. The van der Waals surface area contributed by atoms with Gasteiger partial charge in [0, 0.05) is 39.0 Å². The lowest BCUT2D eigenvalue weighted by Crippen LogP contribution is -2.53. The molecule has 0 radical (unpaired) electrons. The molecule has 3 aromatic rings. The highest BCUT2D eigenvalue weighted by Crippen LogP contribution is 2.27. The van der Waals surface area contributed by atoms with Gasteiger partial charge in [0.05, 0.1) is 5.75 Å². The molecule has 8 heteroatoms. The minimum Gasteiger partial charge on any atom is -0.352 e. The number of carbonyl (C=O) groups is 2. The van der Waals surface area contributed by atoms with Crippen LogP contribution in [-0.4, -0.2) is 34.6 Å². The molecule has 200 valence electrons. The predicted molar refractivity (Wildman–Crippen MR) is 158 cm³/mol. The summed E-state index contributed by atoms with van der Waals surface area (Å²) in [6.07, 6.45) is 5.74. The van der Waals surface area contributed by atoms with Crippen molar-refractivity contribution < 1.29 is 9.59 Å². The molecule has 1 N–H and O–H groups in total. The quantitative estimate of drug-likeness (QED) is 0.245. The van der Waals surface area contributed by atoms with Gasteiger partial charge in [-0.2, -0.15) is 0 Å². The van der Waals surface area contributed by atoms with Gasteiger partial charge in [-0.05, 0) is 60.4 Å². The summed E-state index contributed by atoms with van der Waals surface area (Å²) in [5.41, 5.74) is 1.73. The van der Waals surface area contributed by atoms with Crippen molar-refractivity contribution in [2.24, 2.45) is 0 Å². The lowest BCUT2D eigenvalue weighted by Gasteiger charge is -2.33. The molecule has 1 atom stereocenters. The number of hydrogen-bond acceptors (Lipinski definition) is 3. The van der Waals surface area contributed by atoms with Crippen molar-refractivity contribution in [1.82, 2.24) is 10.2 Å². The van der Waals surface area contributed by atoms with E-state index in [1.165, 1.54) is 18.2 Å². The topological polar surface area (TPSA) is 49.4 Å². The molecule has 0 heterocycles. The summed E-state index contributed by atoms with van der Waals surface area (Å²) in [5, 5.41) is 4.88. The second-order valence-corrected chi connectivity index (χ2v) is 11.9. The number of benzene rings is 3. The lowest BCUT2D eigenvalue weighted by atomic mass is 9.94. The number of carbonyl (C=O) groups excluding carboxylic acids is 2. The Hall–Kier alpha value is -2.18. The smallest absolute Gasteiger partial charge is 0.243 e. The van der Waals surface area contributed by atoms with Crippen LogP contribution >= 0.6 is 46.6 Å². The number of nitrogens with zero attached hydrogens (tertiary/aromatic N) is 1. The molecule has 1 unspecified atom stereocenters. The number of nitrogens with one attached hydrogen (secondary N) is 1. The van der Waals surface area contributed by atoms with Crippen LogP contribution in [-0.2, 0) is 22.6 Å². The first-order valence-electron chi connectivity index (χ1n) is 12.8. The van der Waals surface area contributed by atoms with Crippen LogP contribution < -0.4 is 5.32 Å². The van der Waals surface area contributed by atoms with Crippen LogP contribution in [0, 0.1) is 0 Å². The maximum absolute atomic E-state index is 13.8. The molecule has 3 aromatic carbocycles. The number of halogens is 3. The van der Waals surface area contributed by atoms with Crippen molar-refractivity contribution in [3.63, 3.8) is 0 Å². The van der Waals surface area contributed by atoms with E-state index in [1.54, 1.807) is 29.2 Å². The second kappa shape index (κ2) is 14.3. The Bertz CT molecular complexity index is 1220. The molecular formula is C30H31Cl3N2O2S. The van der Waals surface area contributed by atoms with Crippen LogP contribution in [0.5, 0.6) is 0 Å². The molecule has 1 aliphatic carbocycles. The third kappa shape index (κ3) is 8.41. The van der Waals surface area contributed by atoms with Gasteiger partial charge < -0.3 is 10.2 Å². The Morgan fingerprint density at radius 1 is 0.895 bits per heavy atom. The highest BCUT2D eigenvalue weighted by atomic mass is 35.5. The third-order valence-corrected chi connectivity index (χ3v) is 8.59. The number of hydrogen-bond donors (Lipinski definition) is 1. The lowest BCUT2D eigenvalue weighted by molar-refractivity contribution is -0.139. The summed E-state index contributed by atoms with van der Waals surface area (Å²) < 4.78 is 0. The van der Waals surface area contributed by atoms with E-state index in [4.69, 9.17) is 34.8 Å². The minimum absolute atomic E-state index is 0.129. The summed E-state index contributed by atoms with van der Waals surface area (Å²) in [6.45, 7) is 0.200.